The number of hydrogen-bond donors (Lipinski definition) is 6. The van der Waals surface area contributed by atoms with Crippen LogP contribution in [0.1, 0.15) is 194 Å². The highest BCUT2D eigenvalue weighted by molar-refractivity contribution is 7.47. The molecule has 0 aliphatic heterocycles. The Labute approximate surface area is 368 Å². The van der Waals surface area contributed by atoms with Crippen molar-refractivity contribution in [2.75, 3.05) is 13.2 Å². The van der Waals surface area contributed by atoms with Crippen LogP contribution >= 0.6 is 7.82 Å². The van der Waals surface area contributed by atoms with E-state index in [2.05, 4.69) is 50.3 Å². The van der Waals surface area contributed by atoms with E-state index >= 15 is 0 Å². The van der Waals surface area contributed by atoms with E-state index < -0.39 is 75.7 Å². The Morgan fingerprint density at radius 3 is 1.43 bits per heavy atom. The van der Waals surface area contributed by atoms with Gasteiger partial charge >= 0.3 is 19.8 Å². The van der Waals surface area contributed by atoms with Gasteiger partial charge in [-0.15, -0.1) is 0 Å². The summed E-state index contributed by atoms with van der Waals surface area (Å²) in [5, 5.41) is 50.2. The van der Waals surface area contributed by atoms with Gasteiger partial charge in [-0.3, -0.25) is 18.6 Å². The Hall–Kier alpha value is -1.93. The third-order valence-corrected chi connectivity index (χ3v) is 12.0. The molecule has 6 atom stereocenters. The maximum Gasteiger partial charge on any atom is 0.472 e. The van der Waals surface area contributed by atoms with Gasteiger partial charge in [0.2, 0.25) is 0 Å². The van der Waals surface area contributed by atoms with Crippen molar-refractivity contribution in [1.82, 2.24) is 0 Å². The first-order valence-corrected chi connectivity index (χ1v) is 25.3. The van der Waals surface area contributed by atoms with Gasteiger partial charge in [0, 0.05) is 12.8 Å². The zero-order valence-corrected chi connectivity index (χ0v) is 38.6. The minimum absolute atomic E-state index is 0.0869. The summed E-state index contributed by atoms with van der Waals surface area (Å²) in [7, 11) is -5.12. The molecule has 1 rings (SSSR count). The van der Waals surface area contributed by atoms with Gasteiger partial charge in [0.25, 0.3) is 0 Å². The van der Waals surface area contributed by atoms with Gasteiger partial charge in [-0.1, -0.05) is 172 Å². The molecule has 61 heavy (non-hydrogen) atoms. The molecule has 356 valence electrons. The second-order valence-corrected chi connectivity index (χ2v) is 18.0. The molecule has 0 aromatic carbocycles. The number of phosphoric ester groups is 1. The average molecular weight is 889 g/mol. The first-order valence-electron chi connectivity index (χ1n) is 23.8. The van der Waals surface area contributed by atoms with Gasteiger partial charge in [0.05, 0.1) is 6.61 Å². The smallest absolute Gasteiger partial charge is 0.462 e. The van der Waals surface area contributed by atoms with E-state index in [0.717, 1.165) is 83.5 Å². The zero-order chi connectivity index (χ0) is 45.0. The van der Waals surface area contributed by atoms with Crippen molar-refractivity contribution >= 4 is 19.8 Å². The molecule has 14 heteroatoms. The molecule has 0 aromatic heterocycles. The highest BCUT2D eigenvalue weighted by Gasteiger charge is 2.51. The molecular formula is C47H85O13P. The van der Waals surface area contributed by atoms with Crippen molar-refractivity contribution in [3.05, 3.63) is 36.5 Å². The molecule has 6 unspecified atom stereocenters. The fourth-order valence-electron chi connectivity index (χ4n) is 7.18. The third kappa shape index (κ3) is 30.0. The highest BCUT2D eigenvalue weighted by atomic mass is 31.2. The number of carbonyl (C=O) groups is 2. The van der Waals surface area contributed by atoms with E-state index in [1.165, 1.54) is 70.6 Å². The van der Waals surface area contributed by atoms with Crippen molar-refractivity contribution in [2.24, 2.45) is 0 Å². The van der Waals surface area contributed by atoms with Crippen LogP contribution in [0.5, 0.6) is 0 Å². The van der Waals surface area contributed by atoms with E-state index in [1.54, 1.807) is 0 Å². The minimum Gasteiger partial charge on any atom is -0.462 e. The zero-order valence-electron chi connectivity index (χ0n) is 37.7. The molecule has 0 saturated heterocycles. The fourth-order valence-corrected chi connectivity index (χ4v) is 8.16. The summed E-state index contributed by atoms with van der Waals surface area (Å²) in [6.45, 7) is 3.19. The van der Waals surface area contributed by atoms with Crippen molar-refractivity contribution in [3.63, 3.8) is 0 Å². The molecule has 1 saturated carbocycles. The SMILES string of the molecule is CCC=CCC=CCC=CCCCCCCCCCC(=O)OC(COC(=O)CCCCCCCCCCCCCCCCC)COP(=O)(O)OC1C(O)C(O)C(O)C(O)C1O. The quantitative estimate of drug-likeness (QED) is 0.0147. The van der Waals surface area contributed by atoms with Crippen LogP contribution in [0.15, 0.2) is 36.5 Å². The van der Waals surface area contributed by atoms with Crippen molar-refractivity contribution in [3.8, 4) is 0 Å². The Bertz CT molecular complexity index is 1210. The largest absolute Gasteiger partial charge is 0.472 e. The van der Waals surface area contributed by atoms with E-state index in [0.29, 0.717) is 12.8 Å². The Kier molecular flexibility index (Phi) is 35.0. The summed E-state index contributed by atoms with van der Waals surface area (Å²) in [5.41, 5.74) is 0. The third-order valence-electron chi connectivity index (χ3n) is 11.0. The maximum absolute atomic E-state index is 12.8. The number of hydrogen-bond acceptors (Lipinski definition) is 12. The van der Waals surface area contributed by atoms with Crippen LogP contribution in [0.3, 0.4) is 0 Å². The lowest BCUT2D eigenvalue weighted by molar-refractivity contribution is -0.220. The molecule has 0 amide bonds. The molecule has 0 aromatic rings. The highest BCUT2D eigenvalue weighted by Crippen LogP contribution is 2.47. The van der Waals surface area contributed by atoms with Crippen LogP contribution in [0.4, 0.5) is 0 Å². The second-order valence-electron chi connectivity index (χ2n) is 16.6. The normalized spacial score (nSPS) is 22.3. The Morgan fingerprint density at radius 1 is 0.525 bits per heavy atom. The summed E-state index contributed by atoms with van der Waals surface area (Å²) < 4.78 is 33.6. The van der Waals surface area contributed by atoms with Gasteiger partial charge < -0.3 is 39.9 Å². The van der Waals surface area contributed by atoms with E-state index in [-0.39, 0.29) is 12.8 Å². The molecule has 0 bridgehead atoms. The lowest BCUT2D eigenvalue weighted by Crippen LogP contribution is -2.64. The van der Waals surface area contributed by atoms with Crippen molar-refractivity contribution < 1.29 is 63.1 Å². The summed E-state index contributed by atoms with van der Waals surface area (Å²) in [4.78, 5) is 35.7. The molecule has 13 nitrogen and oxygen atoms in total. The first kappa shape index (κ1) is 57.1. The second kappa shape index (κ2) is 37.4. The summed E-state index contributed by atoms with van der Waals surface area (Å²) >= 11 is 0. The van der Waals surface area contributed by atoms with Crippen LogP contribution in [-0.2, 0) is 32.7 Å². The van der Waals surface area contributed by atoms with Crippen molar-refractivity contribution in [2.45, 2.75) is 236 Å². The van der Waals surface area contributed by atoms with Crippen LogP contribution in [0, 0.1) is 0 Å². The number of carbonyl (C=O) groups excluding carboxylic acids is 2. The first-order chi connectivity index (χ1) is 29.4. The number of rotatable bonds is 39. The molecule has 1 fully saturated rings. The standard InChI is InChI=1S/C47H85O13P/c1-3-5-7-9-11-13-15-17-19-20-22-24-26-28-30-32-34-36-41(49)59-39(38-58-61(55,56)60-47-45(53)43(51)42(50)44(52)46(47)54)37-57-40(48)35-33-31-29-27-25-23-21-18-16-14-12-10-8-6-4-2/h5,7,11,13,17,19,39,42-47,50-54H,3-4,6,8-10,12,14-16,18,20-38H2,1-2H3,(H,55,56). The van der Waals surface area contributed by atoms with Gasteiger partial charge in [-0.2, -0.15) is 0 Å². The Morgan fingerprint density at radius 2 is 0.934 bits per heavy atom. The topological polar surface area (TPSA) is 210 Å². The summed E-state index contributed by atoms with van der Waals surface area (Å²) in [6.07, 6.45) is 29.1. The summed E-state index contributed by atoms with van der Waals surface area (Å²) in [6, 6.07) is 0. The molecule has 1 aliphatic carbocycles. The van der Waals surface area contributed by atoms with Crippen LogP contribution in [0.2, 0.25) is 0 Å². The fraction of sp³-hybridized carbons (Fsp3) is 0.830. The number of unbranched alkanes of at least 4 members (excludes halogenated alkanes) is 21. The van der Waals surface area contributed by atoms with Crippen LogP contribution in [0.25, 0.3) is 0 Å². The lowest BCUT2D eigenvalue weighted by atomic mass is 9.85. The van der Waals surface area contributed by atoms with Crippen molar-refractivity contribution in [1.29, 1.82) is 0 Å². The number of allylic oxidation sites excluding steroid dienone is 6. The molecule has 0 heterocycles. The number of esters is 2. The van der Waals surface area contributed by atoms with E-state index in [9.17, 15) is 44.6 Å². The van der Waals surface area contributed by atoms with Crippen LogP contribution in [-0.4, -0.2) is 98.3 Å². The number of phosphoric acid groups is 1. The van der Waals surface area contributed by atoms with E-state index in [4.69, 9.17) is 18.5 Å². The van der Waals surface area contributed by atoms with Crippen LogP contribution < -0.4 is 0 Å². The summed E-state index contributed by atoms with van der Waals surface area (Å²) in [5.74, 6) is -1.11. The predicted molar refractivity (Wildman–Crippen MR) is 240 cm³/mol. The van der Waals surface area contributed by atoms with E-state index in [1.807, 2.05) is 0 Å². The Balaban J connectivity index is 2.44. The maximum atomic E-state index is 12.8. The minimum atomic E-state index is -5.12. The number of aliphatic hydroxyl groups excluding tert-OH is 5. The van der Waals surface area contributed by atoms with Gasteiger partial charge in [0.15, 0.2) is 6.10 Å². The number of aliphatic hydroxyl groups is 5. The molecule has 0 radical (unpaired) electrons. The molecule has 0 spiro atoms. The molecular weight excluding hydrogens is 803 g/mol. The monoisotopic (exact) mass is 889 g/mol. The van der Waals surface area contributed by atoms with Gasteiger partial charge in [0.1, 0.15) is 43.2 Å². The average Bonchev–Trinajstić information content (AvgIpc) is 3.24. The number of ether oxygens (including phenoxy) is 2. The van der Waals surface area contributed by atoms with Gasteiger partial charge in [-0.25, -0.2) is 4.57 Å². The lowest BCUT2D eigenvalue weighted by Gasteiger charge is -2.41. The predicted octanol–water partition coefficient (Wildman–Crippen LogP) is 9.39. The molecule has 6 N–H and O–H groups in total. The molecule has 1 aliphatic rings. The van der Waals surface area contributed by atoms with Gasteiger partial charge in [-0.05, 0) is 44.9 Å².